The predicted molar refractivity (Wildman–Crippen MR) is 111 cm³/mol. The molecule has 2 aromatic carbocycles. The van der Waals surface area contributed by atoms with Crippen molar-refractivity contribution in [2.24, 2.45) is 0 Å². The minimum absolute atomic E-state index is 0.518. The highest BCUT2D eigenvalue weighted by atomic mass is 16.6. The molecule has 5 rings (SSSR count). The molecule has 0 radical (unpaired) electrons. The Morgan fingerprint density at radius 2 is 1.65 bits per heavy atom. The highest BCUT2D eigenvalue weighted by Gasteiger charge is 2.51. The Morgan fingerprint density at radius 1 is 0.903 bits per heavy atom. The van der Waals surface area contributed by atoms with Gasteiger partial charge >= 0.3 is 0 Å². The van der Waals surface area contributed by atoms with Crippen molar-refractivity contribution in [3.8, 4) is 11.5 Å². The molecule has 1 saturated carbocycles. The zero-order valence-corrected chi connectivity index (χ0v) is 17.4. The summed E-state index contributed by atoms with van der Waals surface area (Å²) in [6.45, 7) is 2.70. The van der Waals surface area contributed by atoms with Crippen LogP contribution in [0.5, 0.6) is 11.5 Å². The minimum Gasteiger partial charge on any atom is -0.486 e. The summed E-state index contributed by atoms with van der Waals surface area (Å²) in [5.74, 6) is 2.01. The van der Waals surface area contributed by atoms with Crippen LogP contribution in [0.15, 0.2) is 36.4 Å². The average molecular weight is 428 g/mol. The Bertz CT molecular complexity index is 972. The number of hydrogen-bond donors (Lipinski definition) is 4. The fourth-order valence-corrected chi connectivity index (χ4v) is 4.59. The van der Waals surface area contributed by atoms with Gasteiger partial charge in [0.2, 0.25) is 0 Å². The van der Waals surface area contributed by atoms with E-state index < -0.39 is 30.2 Å². The summed E-state index contributed by atoms with van der Waals surface area (Å²) in [5.41, 5.74) is 2.72. The van der Waals surface area contributed by atoms with Crippen molar-refractivity contribution in [2.45, 2.75) is 62.3 Å². The lowest BCUT2D eigenvalue weighted by atomic mass is 9.81. The number of hydrogen-bond acceptors (Lipinski definition) is 7. The predicted octanol–water partition coefficient (Wildman–Crippen LogP) is 1.57. The fourth-order valence-electron chi connectivity index (χ4n) is 4.59. The molecule has 2 aliphatic heterocycles. The Balaban J connectivity index is 1.50. The highest BCUT2D eigenvalue weighted by molar-refractivity contribution is 5.47. The van der Waals surface area contributed by atoms with Gasteiger partial charge in [0.15, 0.2) is 17.8 Å². The standard InChI is InChI=1S/C24H28O7/c1-24(22(27)20(25)21(26)23(28)31-24)16-5-6-17(14-3-4-14)15(12-16)10-13-2-7-18-19(11-13)30-9-8-29-18/h2,5-7,11-12,14,20-23,25-28H,3-4,8-10H2,1H3/t20-,21-,22+,23+,24-/m0/s1. The molecule has 2 heterocycles. The van der Waals surface area contributed by atoms with Gasteiger partial charge in [-0.25, -0.2) is 0 Å². The minimum atomic E-state index is -1.59. The maximum Gasteiger partial charge on any atom is 0.184 e. The van der Waals surface area contributed by atoms with Crippen LogP contribution in [-0.4, -0.2) is 58.2 Å². The molecular weight excluding hydrogens is 400 g/mol. The van der Waals surface area contributed by atoms with Gasteiger partial charge in [-0.2, -0.15) is 0 Å². The van der Waals surface area contributed by atoms with Crippen LogP contribution in [-0.2, 0) is 16.8 Å². The Kier molecular flexibility index (Phi) is 5.19. The summed E-state index contributed by atoms with van der Waals surface area (Å²) in [4.78, 5) is 0. The molecule has 166 valence electrons. The average Bonchev–Trinajstić information content (AvgIpc) is 3.61. The first kappa shape index (κ1) is 20.7. The summed E-state index contributed by atoms with van der Waals surface area (Å²) in [5, 5.41) is 40.8. The molecule has 7 heteroatoms. The van der Waals surface area contributed by atoms with E-state index in [1.807, 2.05) is 36.4 Å². The molecule has 0 spiro atoms. The molecule has 3 aliphatic rings. The van der Waals surface area contributed by atoms with Crippen molar-refractivity contribution in [3.05, 3.63) is 58.7 Å². The van der Waals surface area contributed by atoms with Crippen LogP contribution in [0.2, 0.25) is 0 Å². The van der Waals surface area contributed by atoms with E-state index in [1.54, 1.807) is 6.92 Å². The SMILES string of the molecule is C[C@@]1(c2ccc(C3CC3)c(Cc3ccc4c(c3)OCCO4)c2)O[C@@H](O)[C@@H](O)[C@H](O)[C@H]1O. The number of fused-ring (bicyclic) bond motifs is 1. The van der Waals surface area contributed by atoms with E-state index in [9.17, 15) is 20.4 Å². The van der Waals surface area contributed by atoms with Crippen molar-refractivity contribution in [2.75, 3.05) is 13.2 Å². The molecule has 4 N–H and O–H groups in total. The zero-order valence-electron chi connectivity index (χ0n) is 17.4. The molecule has 5 atom stereocenters. The van der Waals surface area contributed by atoms with Crippen molar-refractivity contribution in [3.63, 3.8) is 0 Å². The van der Waals surface area contributed by atoms with E-state index in [0.29, 0.717) is 31.1 Å². The second-order valence-corrected chi connectivity index (χ2v) is 8.88. The number of aliphatic hydroxyl groups excluding tert-OH is 4. The topological polar surface area (TPSA) is 109 Å². The molecule has 0 amide bonds. The summed E-state index contributed by atoms with van der Waals surface area (Å²) >= 11 is 0. The van der Waals surface area contributed by atoms with Gasteiger partial charge in [-0.05, 0) is 66.5 Å². The third-order valence-electron chi connectivity index (χ3n) is 6.63. The molecule has 2 aromatic rings. The van der Waals surface area contributed by atoms with Crippen LogP contribution < -0.4 is 9.47 Å². The molecule has 0 unspecified atom stereocenters. The third-order valence-corrected chi connectivity index (χ3v) is 6.63. The molecule has 2 fully saturated rings. The fraction of sp³-hybridized carbons (Fsp3) is 0.500. The number of rotatable bonds is 4. The van der Waals surface area contributed by atoms with E-state index in [1.165, 1.54) is 5.56 Å². The van der Waals surface area contributed by atoms with Crippen LogP contribution in [0.1, 0.15) is 47.9 Å². The lowest BCUT2D eigenvalue weighted by Gasteiger charge is -2.46. The van der Waals surface area contributed by atoms with Crippen LogP contribution >= 0.6 is 0 Å². The molecular formula is C24H28O7. The summed E-state index contributed by atoms with van der Waals surface area (Å²) in [6, 6.07) is 11.8. The van der Waals surface area contributed by atoms with E-state index in [0.717, 1.165) is 35.5 Å². The lowest BCUT2D eigenvalue weighted by Crippen LogP contribution is -2.61. The van der Waals surface area contributed by atoms with Gasteiger partial charge < -0.3 is 34.6 Å². The number of ether oxygens (including phenoxy) is 3. The van der Waals surface area contributed by atoms with E-state index in [-0.39, 0.29) is 0 Å². The van der Waals surface area contributed by atoms with Crippen LogP contribution in [0.25, 0.3) is 0 Å². The van der Waals surface area contributed by atoms with Crippen molar-refractivity contribution >= 4 is 0 Å². The normalized spacial score (nSPS) is 32.7. The smallest absolute Gasteiger partial charge is 0.184 e. The molecule has 0 aromatic heterocycles. The van der Waals surface area contributed by atoms with Gasteiger partial charge in [0.1, 0.15) is 37.1 Å². The maximum atomic E-state index is 10.7. The lowest BCUT2D eigenvalue weighted by molar-refractivity contribution is -0.320. The Labute approximate surface area is 180 Å². The molecule has 7 nitrogen and oxygen atoms in total. The van der Waals surface area contributed by atoms with Gasteiger partial charge in [0.25, 0.3) is 0 Å². The first-order chi connectivity index (χ1) is 14.9. The van der Waals surface area contributed by atoms with E-state index in [4.69, 9.17) is 14.2 Å². The zero-order chi connectivity index (χ0) is 21.8. The van der Waals surface area contributed by atoms with Crippen molar-refractivity contribution < 1.29 is 34.6 Å². The molecule has 0 bridgehead atoms. The monoisotopic (exact) mass is 428 g/mol. The van der Waals surface area contributed by atoms with Gasteiger partial charge in [0.05, 0.1) is 0 Å². The van der Waals surface area contributed by atoms with Crippen LogP contribution in [0.3, 0.4) is 0 Å². The molecule has 1 saturated heterocycles. The van der Waals surface area contributed by atoms with Crippen molar-refractivity contribution in [1.29, 1.82) is 0 Å². The van der Waals surface area contributed by atoms with Crippen LogP contribution in [0, 0.1) is 0 Å². The van der Waals surface area contributed by atoms with Gasteiger partial charge in [0, 0.05) is 0 Å². The highest BCUT2D eigenvalue weighted by Crippen LogP contribution is 2.45. The van der Waals surface area contributed by atoms with Crippen LogP contribution in [0.4, 0.5) is 0 Å². The summed E-state index contributed by atoms with van der Waals surface area (Å²) < 4.78 is 16.9. The maximum absolute atomic E-state index is 10.7. The number of aliphatic hydroxyl groups is 4. The molecule has 1 aliphatic carbocycles. The second kappa shape index (κ2) is 7.76. The largest absolute Gasteiger partial charge is 0.486 e. The second-order valence-electron chi connectivity index (χ2n) is 8.88. The van der Waals surface area contributed by atoms with Gasteiger partial charge in [-0.15, -0.1) is 0 Å². The Morgan fingerprint density at radius 3 is 2.39 bits per heavy atom. The number of benzene rings is 2. The first-order valence-corrected chi connectivity index (χ1v) is 10.8. The summed E-state index contributed by atoms with van der Waals surface area (Å²) in [7, 11) is 0. The van der Waals surface area contributed by atoms with Crippen molar-refractivity contribution in [1.82, 2.24) is 0 Å². The van der Waals surface area contributed by atoms with Gasteiger partial charge in [-0.3, -0.25) is 0 Å². The van der Waals surface area contributed by atoms with E-state index >= 15 is 0 Å². The quantitative estimate of drug-likeness (QED) is 0.585. The Hall–Kier alpha value is -2.16. The summed E-state index contributed by atoms with van der Waals surface area (Å²) in [6.07, 6.45) is -3.10. The molecule has 31 heavy (non-hydrogen) atoms. The third kappa shape index (κ3) is 3.70. The van der Waals surface area contributed by atoms with E-state index in [2.05, 4.69) is 0 Å². The first-order valence-electron chi connectivity index (χ1n) is 10.8. The van der Waals surface area contributed by atoms with Gasteiger partial charge in [-0.1, -0.05) is 24.3 Å².